The molecule has 8 rings (SSSR count). The first kappa shape index (κ1) is 57.3. The normalized spacial score (nSPS) is 47.0. The molecule has 4 aliphatic heterocycles. The number of aliphatic hydroxyl groups is 3. The number of methoxy groups -OCH3 is 1. The van der Waals surface area contributed by atoms with Gasteiger partial charge in [-0.05, 0) is 88.9 Å². The molecule has 0 aromatic heterocycles. The Balaban J connectivity index is 1.19. The van der Waals surface area contributed by atoms with Gasteiger partial charge in [0.15, 0.2) is 30.6 Å². The maximum atomic E-state index is 15.4. The summed E-state index contributed by atoms with van der Waals surface area (Å²) in [5.41, 5.74) is -4.78. The number of carbonyl (C=O) groups excluding carboxylic acids is 5. The number of Topliss-reactive ketones (excluding diaryl/α,β-unsaturated/α-hetero) is 1. The number of amides is 1. The van der Waals surface area contributed by atoms with E-state index in [0.717, 1.165) is 12.7 Å². The summed E-state index contributed by atoms with van der Waals surface area (Å²) >= 11 is 0. The molecule has 0 aromatic carbocycles. The number of alkyl carbamates (subject to hydrolysis) is 1. The second-order valence-electron chi connectivity index (χ2n) is 23.0. The van der Waals surface area contributed by atoms with Crippen LogP contribution in [0.3, 0.4) is 0 Å². The first-order valence-corrected chi connectivity index (χ1v) is 26.6. The number of rotatable bonds is 10. The van der Waals surface area contributed by atoms with Crippen molar-refractivity contribution in [2.24, 2.45) is 40.9 Å². The molecule has 4 aliphatic carbocycles. The van der Waals surface area contributed by atoms with E-state index in [4.69, 9.17) is 42.6 Å². The van der Waals surface area contributed by atoms with Gasteiger partial charge < -0.3 is 63.3 Å². The number of ether oxygens (including phenoxy) is 9. The van der Waals surface area contributed by atoms with E-state index in [0.29, 0.717) is 31.1 Å². The molecule has 4 saturated heterocycles. The lowest BCUT2D eigenvalue weighted by molar-refractivity contribution is -0.584. The summed E-state index contributed by atoms with van der Waals surface area (Å²) in [5.74, 6) is -6.19. The first-order valence-electron chi connectivity index (χ1n) is 26.6. The Kier molecular flexibility index (Phi) is 16.7. The summed E-state index contributed by atoms with van der Waals surface area (Å²) in [6.45, 7) is 17.4. The fourth-order valence-corrected chi connectivity index (χ4v) is 14.0. The molecular weight excluding hydrogens is 993 g/mol. The van der Waals surface area contributed by atoms with Crippen LogP contribution in [-0.2, 0) is 61.8 Å². The lowest BCUT2D eigenvalue weighted by Crippen LogP contribution is -2.65. The highest BCUT2D eigenvalue weighted by Gasteiger charge is 2.65. The fraction of sp³-hybridized carbons (Fsp3) is 0.727. The quantitative estimate of drug-likeness (QED) is 0.0396. The number of nitrogens with zero attached hydrogens (tertiary/aromatic N) is 1. The number of aldehydes is 1. The van der Waals surface area contributed by atoms with Crippen LogP contribution in [0, 0.1) is 51.0 Å². The van der Waals surface area contributed by atoms with Gasteiger partial charge in [-0.3, -0.25) is 24.5 Å². The first-order chi connectivity index (χ1) is 35.8. The number of nitrogens with one attached hydrogen (secondary N) is 1. The van der Waals surface area contributed by atoms with Gasteiger partial charge in [-0.15, -0.1) is 0 Å². The number of aliphatic hydroxyl groups excluding tert-OH is 3. The van der Waals surface area contributed by atoms with Crippen molar-refractivity contribution in [1.29, 1.82) is 0 Å². The molecule has 8 aliphatic rings. The number of hydrogen-bond donors (Lipinski definition) is 4. The lowest BCUT2D eigenvalue weighted by Gasteiger charge is -2.56. The highest BCUT2D eigenvalue weighted by Crippen LogP contribution is 2.61. The molecule has 22 unspecified atom stereocenters. The van der Waals surface area contributed by atoms with Crippen LogP contribution >= 0.6 is 0 Å². The van der Waals surface area contributed by atoms with Crippen LogP contribution in [0.15, 0.2) is 58.4 Å². The maximum absolute atomic E-state index is 15.4. The smallest absolute Gasteiger partial charge is 0.407 e. The minimum absolute atomic E-state index is 0.00965. The molecule has 0 aromatic rings. The average Bonchev–Trinajstić information content (AvgIpc) is 3.75. The molecule has 420 valence electrons. The Bertz CT molecular complexity index is 2450. The van der Waals surface area contributed by atoms with Crippen molar-refractivity contribution in [3.05, 3.63) is 68.5 Å². The van der Waals surface area contributed by atoms with Crippen molar-refractivity contribution in [2.45, 2.75) is 205 Å². The van der Waals surface area contributed by atoms with Gasteiger partial charge in [0.25, 0.3) is 0 Å². The molecule has 4 N–H and O–H groups in total. The molecule has 0 radical (unpaired) electrons. The van der Waals surface area contributed by atoms with Crippen molar-refractivity contribution in [2.75, 3.05) is 7.11 Å². The van der Waals surface area contributed by atoms with E-state index >= 15 is 4.79 Å². The topological polar surface area (TPSA) is 284 Å². The largest absolute Gasteiger partial charge is 0.511 e. The molecule has 22 atom stereocenters. The van der Waals surface area contributed by atoms with E-state index in [1.165, 1.54) is 19.9 Å². The van der Waals surface area contributed by atoms with Gasteiger partial charge in [0.05, 0.1) is 62.2 Å². The van der Waals surface area contributed by atoms with Crippen molar-refractivity contribution < 1.29 is 86.8 Å². The molecule has 21 nitrogen and oxygen atoms in total. The van der Waals surface area contributed by atoms with Gasteiger partial charge >= 0.3 is 18.0 Å². The van der Waals surface area contributed by atoms with Crippen LogP contribution in [0.2, 0.25) is 0 Å². The van der Waals surface area contributed by atoms with Gasteiger partial charge in [-0.25, -0.2) is 9.59 Å². The van der Waals surface area contributed by atoms with Crippen LogP contribution in [0.4, 0.5) is 4.79 Å². The molecule has 1 amide bonds. The third kappa shape index (κ3) is 10.5. The number of esters is 2. The van der Waals surface area contributed by atoms with E-state index in [1.807, 2.05) is 26.0 Å². The monoisotopic (exact) mass is 1070 g/mol. The fourth-order valence-electron chi connectivity index (χ4n) is 14.0. The van der Waals surface area contributed by atoms with Gasteiger partial charge in [-0.2, -0.15) is 0 Å². The summed E-state index contributed by atoms with van der Waals surface area (Å²) < 4.78 is 55.6. The third-order valence-corrected chi connectivity index (χ3v) is 17.9. The molecule has 2 bridgehead atoms. The zero-order valence-corrected chi connectivity index (χ0v) is 45.2. The molecule has 1 spiro atoms. The van der Waals surface area contributed by atoms with E-state index < -0.39 is 167 Å². The Morgan fingerprint density at radius 1 is 0.882 bits per heavy atom. The van der Waals surface area contributed by atoms with Gasteiger partial charge in [-0.1, -0.05) is 50.6 Å². The zero-order valence-electron chi connectivity index (χ0n) is 45.2. The van der Waals surface area contributed by atoms with Crippen molar-refractivity contribution in [1.82, 2.24) is 5.32 Å². The van der Waals surface area contributed by atoms with Crippen LogP contribution in [0.25, 0.3) is 0 Å². The predicted molar refractivity (Wildman–Crippen MR) is 267 cm³/mol. The van der Waals surface area contributed by atoms with Gasteiger partial charge in [0, 0.05) is 55.3 Å². The summed E-state index contributed by atoms with van der Waals surface area (Å²) in [6.07, 6.45) is -0.569. The maximum Gasteiger partial charge on any atom is 0.407 e. The van der Waals surface area contributed by atoms with Crippen LogP contribution in [0.1, 0.15) is 114 Å². The van der Waals surface area contributed by atoms with Gasteiger partial charge in [0.2, 0.25) is 11.3 Å². The number of carbonyl (C=O) groups is 5. The Morgan fingerprint density at radius 3 is 2.24 bits per heavy atom. The Labute approximate surface area is 442 Å². The van der Waals surface area contributed by atoms with Crippen LogP contribution in [0.5, 0.6) is 0 Å². The standard InChI is InChI=1S/C55H76N2O19/c1-25-12-16-39(73-43-23-53(9,57(66)67)48(31(7)71-43)56-52(65)68-11)26(2)19-36-38(61)20-33(24-58)22-55(36)50(63)44(51(64)76-55)49(62)54(10)35(25)14-13-34-45(54)27(3)18-28(4)46(34)75-42-21-40(47(30(6)70-42)72-32(8)59)74-41-17-15-37(60)29(5)69-41/h12-14,19-20,24,27-31,34-43,45-48,60-62H,15-18,21-23H2,1-11H3,(H,56,65)/b25-12+,26-19+,49-44-. The lowest BCUT2D eigenvalue weighted by atomic mass is 9.49. The number of nitro groups is 1. The van der Waals surface area contributed by atoms with Crippen LogP contribution < -0.4 is 5.32 Å². The minimum Gasteiger partial charge on any atom is -0.511 e. The molecular formula is C55H76N2O19. The number of hydrogen-bond acceptors (Lipinski definition) is 19. The van der Waals surface area contributed by atoms with E-state index in [2.05, 4.69) is 25.2 Å². The highest BCUT2D eigenvalue weighted by atomic mass is 16.7. The summed E-state index contributed by atoms with van der Waals surface area (Å²) in [5, 5.41) is 50.6. The highest BCUT2D eigenvalue weighted by molar-refractivity contribution is 6.26. The van der Waals surface area contributed by atoms with E-state index in [-0.39, 0.29) is 36.7 Å². The molecule has 4 heterocycles. The third-order valence-electron chi connectivity index (χ3n) is 17.9. The van der Waals surface area contributed by atoms with E-state index in [9.17, 15) is 44.6 Å². The molecule has 1 saturated carbocycles. The molecule has 5 fully saturated rings. The van der Waals surface area contributed by atoms with Crippen LogP contribution in [-0.4, -0.2) is 148 Å². The molecule has 21 heteroatoms. The summed E-state index contributed by atoms with van der Waals surface area (Å²) in [4.78, 5) is 79.5. The summed E-state index contributed by atoms with van der Waals surface area (Å²) in [6, 6.07) is -1.11. The van der Waals surface area contributed by atoms with Crippen molar-refractivity contribution in [3.63, 3.8) is 0 Å². The molecule has 76 heavy (non-hydrogen) atoms. The van der Waals surface area contributed by atoms with Crippen molar-refractivity contribution in [3.8, 4) is 0 Å². The van der Waals surface area contributed by atoms with Crippen molar-refractivity contribution >= 4 is 30.1 Å². The second kappa shape index (κ2) is 22.1. The average molecular weight is 1070 g/mol. The van der Waals surface area contributed by atoms with E-state index in [1.54, 1.807) is 33.8 Å². The SMILES string of the molecule is COC(=O)NC1C(C)OC(OC2C/C=C(\C)C3C=CC4C(OC5CC(OC6CCC(O)C(C)O6)C(OC(C)=O)C(C)O5)C(C)CC(C)C4C3(C)/C(O)=C3/C(=O)OC4(CC(C=O)=CC(O)C4/C=C/2C)C3=O)CC1(C)[N+](=O)[O-]. The summed E-state index contributed by atoms with van der Waals surface area (Å²) in [7, 11) is 1.15. The Morgan fingerprint density at radius 2 is 1.58 bits per heavy atom. The zero-order chi connectivity index (χ0) is 55.5. The number of allylic oxidation sites excluding steroid dienone is 3. The number of ketones is 1. The predicted octanol–water partition coefficient (Wildman–Crippen LogP) is 5.57. The second-order valence-corrected chi connectivity index (χ2v) is 23.0. The minimum atomic E-state index is -2.17. The number of fused-ring (bicyclic) bond motifs is 4. The Hall–Kier alpha value is -4.87. The van der Waals surface area contributed by atoms with Gasteiger partial charge in [0.1, 0.15) is 29.8 Å².